The number of nitrogens with one attached hydrogen (secondary N) is 1. The van der Waals surface area contributed by atoms with Gasteiger partial charge in [-0.25, -0.2) is 0 Å². The predicted octanol–water partition coefficient (Wildman–Crippen LogP) is 3.54. The van der Waals surface area contributed by atoms with E-state index < -0.39 is 0 Å². The summed E-state index contributed by atoms with van der Waals surface area (Å²) in [6.07, 6.45) is 6.00. The number of nitrogens with zero attached hydrogens (tertiary/aromatic N) is 2. The van der Waals surface area contributed by atoms with Gasteiger partial charge in [0.15, 0.2) is 0 Å². The van der Waals surface area contributed by atoms with Crippen molar-refractivity contribution < 1.29 is 9.90 Å². The Kier molecular flexibility index (Phi) is 8.53. The number of amides is 1. The van der Waals surface area contributed by atoms with E-state index in [1.807, 2.05) is 35.2 Å². The van der Waals surface area contributed by atoms with Gasteiger partial charge in [0.1, 0.15) is 0 Å². The minimum atomic E-state index is -0.0472. The molecular formula is C24H33N3O2. The lowest BCUT2D eigenvalue weighted by Gasteiger charge is -2.23. The third-order valence-electron chi connectivity index (χ3n) is 5.47. The summed E-state index contributed by atoms with van der Waals surface area (Å²) in [5.74, 6) is -0.0472. The molecule has 0 unspecified atom stereocenters. The average molecular weight is 396 g/mol. The van der Waals surface area contributed by atoms with Gasteiger partial charge in [-0.05, 0) is 49.1 Å². The lowest BCUT2D eigenvalue weighted by Crippen LogP contribution is -2.36. The van der Waals surface area contributed by atoms with E-state index in [1.54, 1.807) is 0 Å². The van der Waals surface area contributed by atoms with Gasteiger partial charge in [0.05, 0.1) is 13.2 Å². The zero-order valence-corrected chi connectivity index (χ0v) is 17.2. The summed E-state index contributed by atoms with van der Waals surface area (Å²) >= 11 is 0. The standard InChI is InChI=1S/C24H33N3O2/c28-19-18-26(17-14-21-8-4-3-5-9-21)20-24(29)25-22-10-12-23(13-11-22)27-15-6-1-2-7-16-27/h3-5,8-13,28H,1-2,6-7,14-20H2,(H,25,29). The monoisotopic (exact) mass is 395 g/mol. The molecule has 0 spiro atoms. The van der Waals surface area contributed by atoms with E-state index in [2.05, 4.69) is 34.5 Å². The van der Waals surface area contributed by atoms with Crippen molar-refractivity contribution in [1.29, 1.82) is 0 Å². The number of hydrogen-bond donors (Lipinski definition) is 2. The van der Waals surface area contributed by atoms with Crippen LogP contribution in [0.4, 0.5) is 11.4 Å². The highest BCUT2D eigenvalue weighted by molar-refractivity contribution is 5.92. The molecule has 1 saturated heterocycles. The molecule has 1 aliphatic heterocycles. The van der Waals surface area contributed by atoms with E-state index in [4.69, 9.17) is 0 Å². The zero-order valence-electron chi connectivity index (χ0n) is 17.2. The molecule has 0 saturated carbocycles. The summed E-state index contributed by atoms with van der Waals surface area (Å²) in [5, 5.41) is 12.3. The van der Waals surface area contributed by atoms with Crippen LogP contribution < -0.4 is 10.2 Å². The van der Waals surface area contributed by atoms with E-state index in [9.17, 15) is 9.90 Å². The van der Waals surface area contributed by atoms with Gasteiger partial charge in [-0.1, -0.05) is 43.2 Å². The summed E-state index contributed by atoms with van der Waals surface area (Å²) in [5.41, 5.74) is 3.29. The molecule has 156 valence electrons. The lowest BCUT2D eigenvalue weighted by molar-refractivity contribution is -0.117. The normalized spacial score (nSPS) is 14.6. The highest BCUT2D eigenvalue weighted by Crippen LogP contribution is 2.21. The molecule has 5 heteroatoms. The third kappa shape index (κ3) is 7.18. The first kappa shape index (κ1) is 21.3. The molecule has 1 fully saturated rings. The number of hydrogen-bond acceptors (Lipinski definition) is 4. The van der Waals surface area contributed by atoms with E-state index in [-0.39, 0.29) is 19.1 Å². The second kappa shape index (κ2) is 11.6. The van der Waals surface area contributed by atoms with E-state index in [0.717, 1.165) is 31.7 Å². The molecule has 1 amide bonds. The van der Waals surface area contributed by atoms with Crippen molar-refractivity contribution in [2.24, 2.45) is 0 Å². The van der Waals surface area contributed by atoms with Crippen LogP contribution >= 0.6 is 0 Å². The topological polar surface area (TPSA) is 55.8 Å². The Labute approximate surface area is 174 Å². The molecule has 3 rings (SSSR count). The smallest absolute Gasteiger partial charge is 0.238 e. The molecule has 0 bridgehead atoms. The fourth-order valence-corrected chi connectivity index (χ4v) is 3.83. The van der Waals surface area contributed by atoms with Crippen molar-refractivity contribution in [2.75, 3.05) is 49.5 Å². The van der Waals surface area contributed by atoms with E-state index in [1.165, 1.54) is 36.9 Å². The number of aliphatic hydroxyl groups excluding tert-OH is 1. The van der Waals surface area contributed by atoms with E-state index in [0.29, 0.717) is 6.54 Å². The first-order valence-electron chi connectivity index (χ1n) is 10.8. The number of anilines is 2. The molecule has 1 aliphatic rings. The van der Waals surface area contributed by atoms with Crippen molar-refractivity contribution >= 4 is 17.3 Å². The van der Waals surface area contributed by atoms with Crippen LogP contribution in [-0.2, 0) is 11.2 Å². The van der Waals surface area contributed by atoms with Crippen LogP contribution in [-0.4, -0.2) is 55.2 Å². The fraction of sp³-hybridized carbons (Fsp3) is 0.458. The summed E-state index contributed by atoms with van der Waals surface area (Å²) in [4.78, 5) is 16.9. The zero-order chi connectivity index (χ0) is 20.3. The molecule has 1 heterocycles. The molecular weight excluding hydrogens is 362 g/mol. The van der Waals surface area contributed by atoms with Gasteiger partial charge in [0.25, 0.3) is 0 Å². The predicted molar refractivity (Wildman–Crippen MR) is 119 cm³/mol. The number of rotatable bonds is 9. The average Bonchev–Trinajstić information content (AvgIpc) is 3.03. The number of aliphatic hydroxyl groups is 1. The van der Waals surface area contributed by atoms with Gasteiger partial charge in [-0.15, -0.1) is 0 Å². The molecule has 2 aromatic carbocycles. The maximum absolute atomic E-state index is 12.5. The van der Waals surface area contributed by atoms with Crippen molar-refractivity contribution in [3.05, 3.63) is 60.2 Å². The van der Waals surface area contributed by atoms with Gasteiger partial charge in [-0.3, -0.25) is 9.69 Å². The first-order chi connectivity index (χ1) is 14.2. The van der Waals surface area contributed by atoms with Crippen LogP contribution in [0.25, 0.3) is 0 Å². The Bertz CT molecular complexity index is 726. The quantitative estimate of drug-likeness (QED) is 0.682. The molecule has 0 atom stereocenters. The molecule has 5 nitrogen and oxygen atoms in total. The van der Waals surface area contributed by atoms with Gasteiger partial charge in [0.2, 0.25) is 5.91 Å². The Morgan fingerprint density at radius 1 is 0.931 bits per heavy atom. The molecule has 2 aromatic rings. The third-order valence-corrected chi connectivity index (χ3v) is 5.47. The van der Waals surface area contributed by atoms with Gasteiger partial charge in [0, 0.05) is 37.6 Å². The van der Waals surface area contributed by atoms with Gasteiger partial charge >= 0.3 is 0 Å². The van der Waals surface area contributed by atoms with Gasteiger partial charge < -0.3 is 15.3 Å². The Morgan fingerprint density at radius 3 is 2.28 bits per heavy atom. The first-order valence-corrected chi connectivity index (χ1v) is 10.8. The maximum atomic E-state index is 12.5. The summed E-state index contributed by atoms with van der Waals surface area (Å²) in [6, 6.07) is 18.4. The van der Waals surface area contributed by atoms with Crippen LogP contribution in [0.2, 0.25) is 0 Å². The number of carbonyl (C=O) groups is 1. The minimum Gasteiger partial charge on any atom is -0.395 e. The van der Waals surface area contributed by atoms with E-state index >= 15 is 0 Å². The number of carbonyl (C=O) groups excluding carboxylic acids is 1. The Balaban J connectivity index is 1.49. The Morgan fingerprint density at radius 2 is 1.62 bits per heavy atom. The van der Waals surface area contributed by atoms with Crippen LogP contribution in [0.5, 0.6) is 0 Å². The number of benzene rings is 2. The molecule has 0 radical (unpaired) electrons. The van der Waals surface area contributed by atoms with Crippen molar-refractivity contribution in [1.82, 2.24) is 4.90 Å². The summed E-state index contributed by atoms with van der Waals surface area (Å²) in [7, 11) is 0. The highest BCUT2D eigenvalue weighted by Gasteiger charge is 2.12. The van der Waals surface area contributed by atoms with Crippen LogP contribution in [0.3, 0.4) is 0 Å². The van der Waals surface area contributed by atoms with Crippen LogP contribution in [0, 0.1) is 0 Å². The minimum absolute atomic E-state index is 0.0472. The summed E-state index contributed by atoms with van der Waals surface area (Å²) in [6.45, 7) is 3.79. The highest BCUT2D eigenvalue weighted by atomic mass is 16.3. The maximum Gasteiger partial charge on any atom is 0.238 e. The SMILES string of the molecule is O=C(CN(CCO)CCc1ccccc1)Nc1ccc(N2CCCCCC2)cc1. The lowest BCUT2D eigenvalue weighted by atomic mass is 10.1. The second-order valence-corrected chi connectivity index (χ2v) is 7.73. The largest absolute Gasteiger partial charge is 0.395 e. The van der Waals surface area contributed by atoms with Gasteiger partial charge in [-0.2, -0.15) is 0 Å². The Hall–Kier alpha value is -2.37. The fourth-order valence-electron chi connectivity index (χ4n) is 3.83. The van der Waals surface area contributed by atoms with Crippen molar-refractivity contribution in [2.45, 2.75) is 32.1 Å². The molecule has 0 aliphatic carbocycles. The van der Waals surface area contributed by atoms with Crippen molar-refractivity contribution in [3.8, 4) is 0 Å². The molecule has 0 aromatic heterocycles. The summed E-state index contributed by atoms with van der Waals surface area (Å²) < 4.78 is 0. The van der Waals surface area contributed by atoms with Crippen LogP contribution in [0.15, 0.2) is 54.6 Å². The molecule has 2 N–H and O–H groups in total. The van der Waals surface area contributed by atoms with Crippen LogP contribution in [0.1, 0.15) is 31.2 Å². The van der Waals surface area contributed by atoms with Crippen molar-refractivity contribution in [3.63, 3.8) is 0 Å². The second-order valence-electron chi connectivity index (χ2n) is 7.73. The molecule has 29 heavy (non-hydrogen) atoms.